The number of amides is 1. The number of nitrogens with one attached hydrogen (secondary N) is 1. The highest BCUT2D eigenvalue weighted by molar-refractivity contribution is 5.85. The van der Waals surface area contributed by atoms with Gasteiger partial charge in [0, 0.05) is 19.6 Å². The predicted molar refractivity (Wildman–Crippen MR) is 85.6 cm³/mol. The molecule has 0 spiro atoms. The lowest BCUT2D eigenvalue weighted by atomic mass is 10.1. The molecule has 1 aromatic rings. The second-order valence-electron chi connectivity index (χ2n) is 5.95. The summed E-state index contributed by atoms with van der Waals surface area (Å²) in [6.07, 6.45) is 1.86. The van der Waals surface area contributed by atoms with Gasteiger partial charge in [0.1, 0.15) is 0 Å². The molecular formula is C17H27N3O. The number of benzene rings is 1. The van der Waals surface area contributed by atoms with Crippen LogP contribution in [0.5, 0.6) is 0 Å². The number of rotatable bonds is 8. The topological polar surface area (TPSA) is 58.4 Å². The Labute approximate surface area is 127 Å². The molecule has 2 rings (SSSR count). The predicted octanol–water partition coefficient (Wildman–Crippen LogP) is 1.88. The molecule has 0 radical (unpaired) electrons. The molecule has 4 heteroatoms. The SMILES string of the molecule is CCN(CC)Cc1ccc(CNC(=O)C2(CN)CC2)cc1. The summed E-state index contributed by atoms with van der Waals surface area (Å²) in [7, 11) is 0. The van der Waals surface area contributed by atoms with Gasteiger partial charge in [0.05, 0.1) is 5.41 Å². The summed E-state index contributed by atoms with van der Waals surface area (Å²) in [5.41, 5.74) is 7.86. The Morgan fingerprint density at radius 2 is 1.76 bits per heavy atom. The molecule has 3 N–H and O–H groups in total. The minimum absolute atomic E-state index is 0.109. The van der Waals surface area contributed by atoms with Gasteiger partial charge >= 0.3 is 0 Å². The molecule has 4 nitrogen and oxygen atoms in total. The average molecular weight is 289 g/mol. The quantitative estimate of drug-likeness (QED) is 0.768. The van der Waals surface area contributed by atoms with Crippen LogP contribution in [0.3, 0.4) is 0 Å². The van der Waals surface area contributed by atoms with Gasteiger partial charge in [-0.25, -0.2) is 0 Å². The fourth-order valence-corrected chi connectivity index (χ4v) is 2.51. The molecule has 21 heavy (non-hydrogen) atoms. The van der Waals surface area contributed by atoms with Crippen LogP contribution in [0, 0.1) is 5.41 Å². The molecule has 0 aliphatic heterocycles. The van der Waals surface area contributed by atoms with Crippen LogP contribution in [0.2, 0.25) is 0 Å². The van der Waals surface area contributed by atoms with Gasteiger partial charge in [0.15, 0.2) is 0 Å². The molecule has 0 saturated heterocycles. The van der Waals surface area contributed by atoms with Gasteiger partial charge < -0.3 is 11.1 Å². The minimum Gasteiger partial charge on any atom is -0.352 e. The molecule has 0 bridgehead atoms. The van der Waals surface area contributed by atoms with E-state index in [1.807, 2.05) is 0 Å². The van der Waals surface area contributed by atoms with E-state index in [1.54, 1.807) is 0 Å². The van der Waals surface area contributed by atoms with Crippen LogP contribution in [-0.2, 0) is 17.9 Å². The van der Waals surface area contributed by atoms with Crippen LogP contribution in [0.4, 0.5) is 0 Å². The van der Waals surface area contributed by atoms with Crippen molar-refractivity contribution in [1.29, 1.82) is 0 Å². The largest absolute Gasteiger partial charge is 0.352 e. The van der Waals surface area contributed by atoms with Gasteiger partial charge in [-0.05, 0) is 37.1 Å². The summed E-state index contributed by atoms with van der Waals surface area (Å²) < 4.78 is 0. The standard InChI is InChI=1S/C17H27N3O/c1-3-20(4-2)12-15-7-5-14(6-8-15)11-19-16(21)17(13-18)9-10-17/h5-8H,3-4,9-13,18H2,1-2H3,(H,19,21). The fourth-order valence-electron chi connectivity index (χ4n) is 2.51. The summed E-state index contributed by atoms with van der Waals surface area (Å²) in [4.78, 5) is 14.4. The molecule has 0 unspecified atom stereocenters. The van der Waals surface area contributed by atoms with Crippen molar-refractivity contribution in [2.24, 2.45) is 11.1 Å². The van der Waals surface area contributed by atoms with Crippen molar-refractivity contribution in [3.63, 3.8) is 0 Å². The van der Waals surface area contributed by atoms with Crippen molar-refractivity contribution in [3.05, 3.63) is 35.4 Å². The number of nitrogens with zero attached hydrogens (tertiary/aromatic N) is 1. The van der Waals surface area contributed by atoms with Crippen LogP contribution in [0.25, 0.3) is 0 Å². The normalized spacial score (nSPS) is 16.0. The van der Waals surface area contributed by atoms with E-state index >= 15 is 0 Å². The summed E-state index contributed by atoms with van der Waals surface area (Å²) in [6, 6.07) is 8.49. The zero-order chi connectivity index (χ0) is 15.3. The third kappa shape index (κ3) is 4.05. The molecule has 0 aromatic heterocycles. The van der Waals surface area contributed by atoms with E-state index in [2.05, 4.69) is 48.3 Å². The molecule has 0 atom stereocenters. The third-order valence-electron chi connectivity index (χ3n) is 4.50. The Hall–Kier alpha value is -1.39. The van der Waals surface area contributed by atoms with Crippen molar-refractivity contribution in [3.8, 4) is 0 Å². The van der Waals surface area contributed by atoms with E-state index in [-0.39, 0.29) is 11.3 Å². The zero-order valence-electron chi connectivity index (χ0n) is 13.2. The van der Waals surface area contributed by atoms with Gasteiger partial charge in [-0.15, -0.1) is 0 Å². The van der Waals surface area contributed by atoms with Crippen LogP contribution in [-0.4, -0.2) is 30.4 Å². The summed E-state index contributed by atoms with van der Waals surface area (Å²) in [6.45, 7) is 8.52. The first kappa shape index (κ1) is 16.0. The van der Waals surface area contributed by atoms with Crippen molar-refractivity contribution in [2.75, 3.05) is 19.6 Å². The van der Waals surface area contributed by atoms with Crippen LogP contribution in [0.1, 0.15) is 37.8 Å². The van der Waals surface area contributed by atoms with E-state index in [0.717, 1.165) is 38.0 Å². The maximum Gasteiger partial charge on any atom is 0.227 e. The molecule has 1 amide bonds. The third-order valence-corrected chi connectivity index (χ3v) is 4.50. The number of carbonyl (C=O) groups excluding carboxylic acids is 1. The van der Waals surface area contributed by atoms with Crippen molar-refractivity contribution < 1.29 is 4.79 Å². The first-order valence-electron chi connectivity index (χ1n) is 7.92. The van der Waals surface area contributed by atoms with Crippen LogP contribution >= 0.6 is 0 Å². The Bertz CT molecular complexity index is 461. The van der Waals surface area contributed by atoms with Gasteiger partial charge in [-0.3, -0.25) is 9.69 Å². The molecule has 116 valence electrons. The number of nitrogens with two attached hydrogens (primary N) is 1. The maximum absolute atomic E-state index is 12.0. The lowest BCUT2D eigenvalue weighted by Gasteiger charge is -2.18. The second kappa shape index (κ2) is 7.05. The molecule has 1 aliphatic carbocycles. The minimum atomic E-state index is -0.261. The van der Waals surface area contributed by atoms with Crippen LogP contribution in [0.15, 0.2) is 24.3 Å². The van der Waals surface area contributed by atoms with Crippen molar-refractivity contribution in [2.45, 2.75) is 39.8 Å². The second-order valence-corrected chi connectivity index (χ2v) is 5.95. The van der Waals surface area contributed by atoms with E-state index in [0.29, 0.717) is 13.1 Å². The fraction of sp³-hybridized carbons (Fsp3) is 0.588. The first-order chi connectivity index (χ1) is 10.1. The Kier molecular flexibility index (Phi) is 5.37. The number of hydrogen-bond acceptors (Lipinski definition) is 3. The molecular weight excluding hydrogens is 262 g/mol. The monoisotopic (exact) mass is 289 g/mol. The van der Waals surface area contributed by atoms with Crippen molar-refractivity contribution in [1.82, 2.24) is 10.2 Å². The first-order valence-corrected chi connectivity index (χ1v) is 7.92. The molecule has 1 fully saturated rings. The molecule has 1 saturated carbocycles. The van der Waals surface area contributed by atoms with Crippen molar-refractivity contribution >= 4 is 5.91 Å². The number of carbonyl (C=O) groups is 1. The van der Waals surface area contributed by atoms with Gasteiger partial charge in [0.2, 0.25) is 5.91 Å². The Morgan fingerprint density at radius 1 is 1.19 bits per heavy atom. The van der Waals surface area contributed by atoms with Gasteiger partial charge in [-0.1, -0.05) is 38.1 Å². The highest BCUT2D eigenvalue weighted by Gasteiger charge is 2.48. The van der Waals surface area contributed by atoms with E-state index in [9.17, 15) is 4.79 Å². The lowest BCUT2D eigenvalue weighted by molar-refractivity contribution is -0.126. The highest BCUT2D eigenvalue weighted by Crippen LogP contribution is 2.44. The summed E-state index contributed by atoms with van der Waals surface area (Å²) in [5, 5.41) is 3.01. The van der Waals surface area contributed by atoms with E-state index in [1.165, 1.54) is 5.56 Å². The smallest absolute Gasteiger partial charge is 0.227 e. The molecule has 1 aromatic carbocycles. The summed E-state index contributed by atoms with van der Waals surface area (Å²) >= 11 is 0. The Balaban J connectivity index is 1.83. The molecule has 0 heterocycles. The Morgan fingerprint density at radius 3 is 2.24 bits per heavy atom. The van der Waals surface area contributed by atoms with E-state index in [4.69, 9.17) is 5.73 Å². The van der Waals surface area contributed by atoms with Crippen LogP contribution < -0.4 is 11.1 Å². The lowest BCUT2D eigenvalue weighted by Crippen LogP contribution is -2.36. The molecule has 1 aliphatic rings. The average Bonchev–Trinajstić information content (AvgIpc) is 3.32. The number of hydrogen-bond donors (Lipinski definition) is 2. The van der Waals surface area contributed by atoms with Gasteiger partial charge in [0.25, 0.3) is 0 Å². The van der Waals surface area contributed by atoms with E-state index < -0.39 is 0 Å². The highest BCUT2D eigenvalue weighted by atomic mass is 16.2. The van der Waals surface area contributed by atoms with Gasteiger partial charge in [-0.2, -0.15) is 0 Å². The summed E-state index contributed by atoms with van der Waals surface area (Å²) in [5.74, 6) is 0.109. The zero-order valence-corrected chi connectivity index (χ0v) is 13.2. The maximum atomic E-state index is 12.0.